The molecule has 0 saturated carbocycles. The lowest BCUT2D eigenvalue weighted by atomic mass is 10.2. The first kappa shape index (κ1) is 12.0. The first-order valence-corrected chi connectivity index (χ1v) is 5.17. The number of benzene rings is 1. The van der Waals surface area contributed by atoms with E-state index < -0.39 is 17.0 Å². The van der Waals surface area contributed by atoms with E-state index >= 15 is 0 Å². The second kappa shape index (κ2) is 4.61. The molecule has 0 amide bonds. The van der Waals surface area contributed by atoms with Crippen LogP contribution in [0.15, 0.2) is 17.0 Å². The van der Waals surface area contributed by atoms with E-state index in [0.29, 0.717) is 0 Å². The molecule has 0 bridgehead atoms. The van der Waals surface area contributed by atoms with Crippen molar-refractivity contribution in [3.63, 3.8) is 0 Å². The van der Waals surface area contributed by atoms with Gasteiger partial charge in [-0.25, -0.2) is 9.00 Å². The van der Waals surface area contributed by atoms with Crippen LogP contribution < -0.4 is 4.74 Å². The highest BCUT2D eigenvalue weighted by Crippen LogP contribution is 2.28. The SMILES string of the molecule is COc1cc(S(=O)O)c(Cl)cc1C(=O)O. The number of methoxy groups -OCH3 is 1. The minimum Gasteiger partial charge on any atom is -0.496 e. The lowest BCUT2D eigenvalue weighted by Crippen LogP contribution is -2.02. The van der Waals surface area contributed by atoms with Crippen molar-refractivity contribution < 1.29 is 23.4 Å². The molecule has 5 nitrogen and oxygen atoms in total. The molecular formula is C8H7ClO5S. The Kier molecular flexibility index (Phi) is 3.67. The van der Waals surface area contributed by atoms with Crippen LogP contribution in [0.25, 0.3) is 0 Å². The van der Waals surface area contributed by atoms with Gasteiger partial charge in [0.05, 0.1) is 17.0 Å². The molecule has 2 N–H and O–H groups in total. The van der Waals surface area contributed by atoms with E-state index in [1.54, 1.807) is 0 Å². The van der Waals surface area contributed by atoms with Gasteiger partial charge in [-0.3, -0.25) is 0 Å². The summed E-state index contributed by atoms with van der Waals surface area (Å²) in [4.78, 5) is 10.7. The quantitative estimate of drug-likeness (QED) is 0.797. The molecule has 1 aromatic carbocycles. The molecule has 15 heavy (non-hydrogen) atoms. The van der Waals surface area contributed by atoms with Gasteiger partial charge in [0, 0.05) is 6.07 Å². The molecule has 0 aliphatic rings. The highest BCUT2D eigenvalue weighted by molar-refractivity contribution is 7.79. The van der Waals surface area contributed by atoms with E-state index in [1.165, 1.54) is 7.11 Å². The zero-order valence-corrected chi connectivity index (χ0v) is 9.13. The summed E-state index contributed by atoms with van der Waals surface area (Å²) in [6, 6.07) is 2.20. The Balaban J connectivity index is 3.42. The van der Waals surface area contributed by atoms with Crippen molar-refractivity contribution in [1.29, 1.82) is 0 Å². The number of hydrogen-bond donors (Lipinski definition) is 2. The Morgan fingerprint density at radius 2 is 2.13 bits per heavy atom. The average Bonchev–Trinajstić information content (AvgIpc) is 2.16. The first-order valence-electron chi connectivity index (χ1n) is 3.69. The van der Waals surface area contributed by atoms with E-state index in [9.17, 15) is 9.00 Å². The maximum Gasteiger partial charge on any atom is 0.339 e. The van der Waals surface area contributed by atoms with Crippen LogP contribution in [0.1, 0.15) is 10.4 Å². The molecule has 0 spiro atoms. The fourth-order valence-corrected chi connectivity index (χ4v) is 1.80. The Bertz CT molecular complexity index is 431. The second-order valence-corrected chi connectivity index (χ2v) is 3.88. The molecule has 0 heterocycles. The lowest BCUT2D eigenvalue weighted by molar-refractivity contribution is 0.0693. The van der Waals surface area contributed by atoms with Crippen molar-refractivity contribution in [1.82, 2.24) is 0 Å². The molecule has 1 unspecified atom stereocenters. The smallest absolute Gasteiger partial charge is 0.339 e. The summed E-state index contributed by atoms with van der Waals surface area (Å²) in [7, 11) is 1.26. The van der Waals surface area contributed by atoms with Crippen LogP contribution >= 0.6 is 11.6 Å². The molecule has 7 heteroatoms. The molecule has 0 fully saturated rings. The molecule has 1 atom stereocenters. The van der Waals surface area contributed by atoms with Gasteiger partial charge in [0.2, 0.25) is 0 Å². The fraction of sp³-hybridized carbons (Fsp3) is 0.125. The second-order valence-electron chi connectivity index (χ2n) is 2.54. The summed E-state index contributed by atoms with van der Waals surface area (Å²) < 4.78 is 24.4. The maximum atomic E-state index is 10.8. The topological polar surface area (TPSA) is 83.8 Å². The third-order valence-electron chi connectivity index (χ3n) is 1.67. The normalized spacial score (nSPS) is 12.2. The monoisotopic (exact) mass is 250 g/mol. The third kappa shape index (κ3) is 2.47. The van der Waals surface area contributed by atoms with Gasteiger partial charge in [0.1, 0.15) is 11.3 Å². The minimum absolute atomic E-state index is 0.00991. The summed E-state index contributed by atoms with van der Waals surface area (Å²) in [5.74, 6) is -1.23. The number of hydrogen-bond acceptors (Lipinski definition) is 3. The van der Waals surface area contributed by atoms with Crippen molar-refractivity contribution >= 4 is 28.7 Å². The number of carboxylic acid groups (broad SMARTS) is 1. The summed E-state index contributed by atoms with van der Waals surface area (Å²) >= 11 is 3.35. The van der Waals surface area contributed by atoms with Crippen molar-refractivity contribution in [3.8, 4) is 5.75 Å². The highest BCUT2D eigenvalue weighted by Gasteiger charge is 2.17. The number of carboxylic acids is 1. The van der Waals surface area contributed by atoms with Crippen LogP contribution in [0, 0.1) is 0 Å². The van der Waals surface area contributed by atoms with Gasteiger partial charge >= 0.3 is 5.97 Å². The number of carbonyl (C=O) groups is 1. The molecule has 1 rings (SSSR count). The molecule has 0 aliphatic carbocycles. The Labute approximate surface area is 92.9 Å². The van der Waals surface area contributed by atoms with Gasteiger partial charge in [-0.1, -0.05) is 11.6 Å². The number of ether oxygens (including phenoxy) is 1. The zero-order chi connectivity index (χ0) is 11.6. The van der Waals surface area contributed by atoms with Crippen LogP contribution in [-0.4, -0.2) is 26.9 Å². The summed E-state index contributed by atoms with van der Waals surface area (Å²) in [6.45, 7) is 0. The van der Waals surface area contributed by atoms with Crippen LogP contribution in [0.2, 0.25) is 5.02 Å². The van der Waals surface area contributed by atoms with Gasteiger partial charge in [0.15, 0.2) is 11.1 Å². The van der Waals surface area contributed by atoms with Gasteiger partial charge in [-0.2, -0.15) is 0 Å². The lowest BCUT2D eigenvalue weighted by Gasteiger charge is -2.07. The van der Waals surface area contributed by atoms with Crippen molar-refractivity contribution in [2.24, 2.45) is 0 Å². The number of halogens is 1. The first-order chi connectivity index (χ1) is 6.97. The third-order valence-corrected chi connectivity index (χ3v) is 2.81. The van der Waals surface area contributed by atoms with Crippen LogP contribution in [0.4, 0.5) is 0 Å². The molecule has 1 aromatic rings. The van der Waals surface area contributed by atoms with Gasteiger partial charge in [-0.15, -0.1) is 0 Å². The zero-order valence-electron chi connectivity index (χ0n) is 7.56. The summed E-state index contributed by atoms with van der Waals surface area (Å²) in [6.07, 6.45) is 0. The predicted octanol–water partition coefficient (Wildman–Crippen LogP) is 1.63. The van der Waals surface area contributed by atoms with Crippen LogP contribution in [-0.2, 0) is 11.1 Å². The largest absolute Gasteiger partial charge is 0.496 e. The minimum atomic E-state index is -2.28. The highest BCUT2D eigenvalue weighted by atomic mass is 35.5. The van der Waals surface area contributed by atoms with Crippen LogP contribution in [0.3, 0.4) is 0 Å². The molecule has 0 radical (unpaired) electrons. The number of rotatable bonds is 3. The van der Waals surface area contributed by atoms with E-state index in [2.05, 4.69) is 0 Å². The van der Waals surface area contributed by atoms with E-state index in [0.717, 1.165) is 12.1 Å². The molecule has 0 saturated heterocycles. The molecule has 0 aromatic heterocycles. The molecular weight excluding hydrogens is 244 g/mol. The van der Waals surface area contributed by atoms with Crippen molar-refractivity contribution in [3.05, 3.63) is 22.7 Å². The van der Waals surface area contributed by atoms with Gasteiger partial charge in [-0.05, 0) is 6.07 Å². The van der Waals surface area contributed by atoms with E-state index in [1.807, 2.05) is 0 Å². The van der Waals surface area contributed by atoms with Gasteiger partial charge in [0.25, 0.3) is 0 Å². The maximum absolute atomic E-state index is 10.8. The molecule has 0 aliphatic heterocycles. The van der Waals surface area contributed by atoms with E-state index in [-0.39, 0.29) is 21.2 Å². The Morgan fingerprint density at radius 1 is 1.53 bits per heavy atom. The van der Waals surface area contributed by atoms with Crippen molar-refractivity contribution in [2.45, 2.75) is 4.90 Å². The number of aromatic carboxylic acids is 1. The standard InChI is InChI=1S/C8H7ClO5S/c1-14-6-3-7(15(12)13)5(9)2-4(6)8(10)11/h2-3H,1H3,(H,10,11)(H,12,13). The summed E-state index contributed by atoms with van der Waals surface area (Å²) in [5.41, 5.74) is -0.156. The fourth-order valence-electron chi connectivity index (χ4n) is 1.00. The van der Waals surface area contributed by atoms with Gasteiger partial charge < -0.3 is 14.4 Å². The average molecular weight is 251 g/mol. The summed E-state index contributed by atoms with van der Waals surface area (Å²) in [5, 5.41) is 8.68. The van der Waals surface area contributed by atoms with E-state index in [4.69, 9.17) is 26.0 Å². The Hall–Kier alpha value is -1.11. The predicted molar refractivity (Wildman–Crippen MR) is 54.0 cm³/mol. The van der Waals surface area contributed by atoms with Crippen LogP contribution in [0.5, 0.6) is 5.75 Å². The molecule has 82 valence electrons. The Morgan fingerprint density at radius 3 is 2.53 bits per heavy atom. The van der Waals surface area contributed by atoms with Crippen molar-refractivity contribution in [2.75, 3.05) is 7.11 Å².